The summed E-state index contributed by atoms with van der Waals surface area (Å²) in [5.74, 6) is -1.20. The molecule has 0 bridgehead atoms. The third-order valence-corrected chi connectivity index (χ3v) is 4.08. The first-order valence-electron chi connectivity index (χ1n) is 6.47. The van der Waals surface area contributed by atoms with Gasteiger partial charge in [-0.25, -0.2) is 0 Å². The summed E-state index contributed by atoms with van der Waals surface area (Å²) in [6.45, 7) is 0.777. The van der Waals surface area contributed by atoms with Crippen molar-refractivity contribution in [1.29, 1.82) is 0 Å². The van der Waals surface area contributed by atoms with E-state index in [9.17, 15) is 18.3 Å². The minimum Gasteiger partial charge on any atom is -0.391 e. The van der Waals surface area contributed by atoms with Crippen molar-refractivity contribution in [1.82, 2.24) is 4.90 Å². The quantitative estimate of drug-likeness (QED) is 0.774. The SMILES string of the molecule is OC1CCCCC1N1CCCC(C(F)(F)F)C1. The maximum absolute atomic E-state index is 12.7. The molecule has 100 valence electrons. The summed E-state index contributed by atoms with van der Waals surface area (Å²) >= 11 is 0. The zero-order valence-corrected chi connectivity index (χ0v) is 9.92. The summed E-state index contributed by atoms with van der Waals surface area (Å²) in [5, 5.41) is 9.89. The lowest BCUT2D eigenvalue weighted by molar-refractivity contribution is -0.191. The van der Waals surface area contributed by atoms with Crippen LogP contribution in [0.15, 0.2) is 0 Å². The predicted octanol–water partition coefficient (Wildman–Crippen LogP) is 2.56. The molecule has 2 nitrogen and oxygen atoms in total. The molecule has 0 radical (unpaired) electrons. The van der Waals surface area contributed by atoms with Gasteiger partial charge in [0.1, 0.15) is 0 Å². The largest absolute Gasteiger partial charge is 0.393 e. The molecule has 0 aromatic rings. The number of halogens is 3. The minimum atomic E-state index is -4.09. The second-order valence-electron chi connectivity index (χ2n) is 5.29. The summed E-state index contributed by atoms with van der Waals surface area (Å²) in [5.41, 5.74) is 0. The van der Waals surface area contributed by atoms with E-state index in [1.165, 1.54) is 0 Å². The number of hydrogen-bond acceptors (Lipinski definition) is 2. The van der Waals surface area contributed by atoms with Gasteiger partial charge < -0.3 is 5.11 Å². The van der Waals surface area contributed by atoms with E-state index in [2.05, 4.69) is 0 Å². The van der Waals surface area contributed by atoms with Gasteiger partial charge >= 0.3 is 6.18 Å². The van der Waals surface area contributed by atoms with Crippen molar-refractivity contribution < 1.29 is 18.3 Å². The summed E-state index contributed by atoms with van der Waals surface area (Å²) in [6, 6.07) is -0.0473. The molecule has 5 heteroatoms. The molecule has 1 N–H and O–H groups in total. The summed E-state index contributed by atoms with van der Waals surface area (Å²) in [7, 11) is 0. The molecule has 2 rings (SSSR count). The molecule has 0 spiro atoms. The number of piperidine rings is 1. The highest BCUT2D eigenvalue weighted by Gasteiger charge is 2.43. The van der Waals surface area contributed by atoms with Gasteiger partial charge in [0, 0.05) is 12.6 Å². The van der Waals surface area contributed by atoms with E-state index in [4.69, 9.17) is 0 Å². The molecule has 17 heavy (non-hydrogen) atoms. The van der Waals surface area contributed by atoms with E-state index in [-0.39, 0.29) is 19.0 Å². The molecular weight excluding hydrogens is 231 g/mol. The Kier molecular flexibility index (Phi) is 3.98. The lowest BCUT2D eigenvalue weighted by atomic mass is 9.88. The Bertz CT molecular complexity index is 257. The van der Waals surface area contributed by atoms with Crippen LogP contribution in [-0.2, 0) is 0 Å². The topological polar surface area (TPSA) is 23.5 Å². The number of alkyl halides is 3. The average Bonchev–Trinajstić information content (AvgIpc) is 2.29. The molecule has 0 aromatic carbocycles. The van der Waals surface area contributed by atoms with Crippen molar-refractivity contribution in [2.75, 3.05) is 13.1 Å². The lowest BCUT2D eigenvalue weighted by Crippen LogP contribution is -2.51. The molecule has 1 aliphatic heterocycles. The second-order valence-corrected chi connectivity index (χ2v) is 5.29. The Morgan fingerprint density at radius 3 is 2.35 bits per heavy atom. The Balaban J connectivity index is 1.96. The molecule has 3 unspecified atom stereocenters. The van der Waals surface area contributed by atoms with Crippen LogP contribution < -0.4 is 0 Å². The van der Waals surface area contributed by atoms with Crippen LogP contribution in [0.5, 0.6) is 0 Å². The number of hydrogen-bond donors (Lipinski definition) is 1. The van der Waals surface area contributed by atoms with E-state index in [1.54, 1.807) is 0 Å². The van der Waals surface area contributed by atoms with Crippen molar-refractivity contribution in [3.05, 3.63) is 0 Å². The average molecular weight is 251 g/mol. The highest BCUT2D eigenvalue weighted by Crippen LogP contribution is 2.35. The summed E-state index contributed by atoms with van der Waals surface area (Å²) in [4.78, 5) is 1.87. The van der Waals surface area contributed by atoms with Gasteiger partial charge in [-0.3, -0.25) is 4.90 Å². The van der Waals surface area contributed by atoms with Gasteiger partial charge in [-0.15, -0.1) is 0 Å². The highest BCUT2D eigenvalue weighted by atomic mass is 19.4. The van der Waals surface area contributed by atoms with Crippen molar-refractivity contribution >= 4 is 0 Å². The van der Waals surface area contributed by atoms with Crippen LogP contribution in [0, 0.1) is 5.92 Å². The summed E-state index contributed by atoms with van der Waals surface area (Å²) < 4.78 is 38.1. The number of aliphatic hydroxyl groups is 1. The van der Waals surface area contributed by atoms with Gasteiger partial charge in [0.25, 0.3) is 0 Å². The van der Waals surface area contributed by atoms with Crippen molar-refractivity contribution in [2.24, 2.45) is 5.92 Å². The lowest BCUT2D eigenvalue weighted by Gasteiger charge is -2.42. The maximum Gasteiger partial charge on any atom is 0.393 e. The number of aliphatic hydroxyl groups excluding tert-OH is 1. The van der Waals surface area contributed by atoms with E-state index in [0.717, 1.165) is 25.7 Å². The van der Waals surface area contributed by atoms with E-state index in [0.29, 0.717) is 13.0 Å². The maximum atomic E-state index is 12.7. The Morgan fingerprint density at radius 1 is 1.00 bits per heavy atom. The van der Waals surface area contributed by atoms with Gasteiger partial charge in [-0.1, -0.05) is 12.8 Å². The van der Waals surface area contributed by atoms with Gasteiger partial charge in [-0.2, -0.15) is 13.2 Å². The fourth-order valence-electron chi connectivity index (χ4n) is 3.09. The molecule has 2 aliphatic rings. The van der Waals surface area contributed by atoms with Gasteiger partial charge in [0.15, 0.2) is 0 Å². The zero-order valence-electron chi connectivity index (χ0n) is 9.92. The van der Waals surface area contributed by atoms with Crippen LogP contribution in [0.2, 0.25) is 0 Å². The van der Waals surface area contributed by atoms with Crippen LogP contribution in [0.3, 0.4) is 0 Å². The normalized spacial score (nSPS) is 37.1. The van der Waals surface area contributed by atoms with Crippen LogP contribution in [0.1, 0.15) is 38.5 Å². The third-order valence-electron chi connectivity index (χ3n) is 4.08. The second kappa shape index (κ2) is 5.14. The molecule has 3 atom stereocenters. The number of nitrogens with zero attached hydrogens (tertiary/aromatic N) is 1. The van der Waals surface area contributed by atoms with E-state index in [1.807, 2.05) is 4.90 Å². The van der Waals surface area contributed by atoms with Crippen LogP contribution in [0.25, 0.3) is 0 Å². The molecule has 2 fully saturated rings. The molecular formula is C12H20F3NO. The van der Waals surface area contributed by atoms with Crippen molar-refractivity contribution in [3.63, 3.8) is 0 Å². The first-order chi connectivity index (χ1) is 7.98. The zero-order chi connectivity index (χ0) is 12.5. The van der Waals surface area contributed by atoms with Crippen molar-refractivity contribution in [2.45, 2.75) is 56.8 Å². The van der Waals surface area contributed by atoms with Crippen LogP contribution in [-0.4, -0.2) is 41.4 Å². The Morgan fingerprint density at radius 2 is 1.71 bits per heavy atom. The molecule has 1 saturated heterocycles. The molecule has 1 aliphatic carbocycles. The first kappa shape index (κ1) is 13.1. The number of rotatable bonds is 1. The third kappa shape index (κ3) is 3.13. The molecule has 0 aromatic heterocycles. The molecule has 1 heterocycles. The van der Waals surface area contributed by atoms with Gasteiger partial charge in [-0.05, 0) is 32.2 Å². The molecule has 1 saturated carbocycles. The van der Waals surface area contributed by atoms with Gasteiger partial charge in [0.05, 0.1) is 12.0 Å². The van der Waals surface area contributed by atoms with E-state index >= 15 is 0 Å². The Hall–Kier alpha value is -0.290. The van der Waals surface area contributed by atoms with E-state index < -0.39 is 18.2 Å². The number of likely N-dealkylation sites (tertiary alicyclic amines) is 1. The van der Waals surface area contributed by atoms with Crippen LogP contribution >= 0.6 is 0 Å². The van der Waals surface area contributed by atoms with Crippen molar-refractivity contribution in [3.8, 4) is 0 Å². The van der Waals surface area contributed by atoms with Crippen LogP contribution in [0.4, 0.5) is 13.2 Å². The smallest absolute Gasteiger partial charge is 0.391 e. The monoisotopic (exact) mass is 251 g/mol. The summed E-state index contributed by atoms with van der Waals surface area (Å²) in [6.07, 6.45) is -0.1000. The standard InChI is InChI=1S/C12H20F3NO/c13-12(14,15)9-4-3-7-16(8-9)10-5-1-2-6-11(10)17/h9-11,17H,1-8H2. The predicted molar refractivity (Wildman–Crippen MR) is 58.6 cm³/mol. The fourth-order valence-corrected chi connectivity index (χ4v) is 3.09. The molecule has 0 amide bonds. The fraction of sp³-hybridized carbons (Fsp3) is 1.00. The van der Waals surface area contributed by atoms with Gasteiger partial charge in [0.2, 0.25) is 0 Å². The highest BCUT2D eigenvalue weighted by molar-refractivity contribution is 4.87. The first-order valence-corrected chi connectivity index (χ1v) is 6.47. The minimum absolute atomic E-state index is 0.0473. The Labute approximate surface area is 99.8 Å².